The lowest BCUT2D eigenvalue weighted by Gasteiger charge is -2.23. The van der Waals surface area contributed by atoms with Crippen LogP contribution in [-0.2, 0) is 12.8 Å². The van der Waals surface area contributed by atoms with Crippen molar-refractivity contribution < 1.29 is 0 Å². The zero-order valence-electron chi connectivity index (χ0n) is 11.5. The molecule has 1 aliphatic rings. The van der Waals surface area contributed by atoms with Crippen molar-refractivity contribution in [1.82, 2.24) is 10.6 Å². The molecule has 0 amide bonds. The van der Waals surface area contributed by atoms with Gasteiger partial charge in [0.15, 0.2) is 0 Å². The topological polar surface area (TPSA) is 24.1 Å². The van der Waals surface area contributed by atoms with Gasteiger partial charge in [-0.25, -0.2) is 0 Å². The molecule has 0 bridgehead atoms. The first-order valence-electron chi connectivity index (χ1n) is 7.40. The Morgan fingerprint density at radius 1 is 1.06 bits per heavy atom. The summed E-state index contributed by atoms with van der Waals surface area (Å²) in [6, 6.07) is 9.86. The number of hydrogen-bond acceptors (Lipinski definition) is 2. The summed E-state index contributed by atoms with van der Waals surface area (Å²) in [6.07, 6.45) is 6.13. The van der Waals surface area contributed by atoms with Crippen LogP contribution in [0, 0.1) is 0 Å². The second-order valence-electron chi connectivity index (χ2n) is 5.29. The maximum Gasteiger partial charge on any atom is 0.00913 e. The SMILES string of the molecule is CCCc1ccc(CCNC2CCNCC2)cc1. The highest BCUT2D eigenvalue weighted by Gasteiger charge is 2.11. The van der Waals surface area contributed by atoms with Gasteiger partial charge in [-0.05, 0) is 56.4 Å². The van der Waals surface area contributed by atoms with Crippen LogP contribution in [-0.4, -0.2) is 25.7 Å². The third kappa shape index (κ3) is 4.43. The number of aryl methyl sites for hydroxylation is 1. The predicted octanol–water partition coefficient (Wildman–Crippen LogP) is 2.52. The van der Waals surface area contributed by atoms with Crippen molar-refractivity contribution in [2.24, 2.45) is 0 Å². The van der Waals surface area contributed by atoms with Gasteiger partial charge in [-0.2, -0.15) is 0 Å². The Bertz CT molecular complexity index is 325. The molecular formula is C16H26N2. The standard InChI is InChI=1S/C16H26N2/c1-2-3-14-4-6-15(7-5-14)8-13-18-16-9-11-17-12-10-16/h4-7,16-18H,2-3,8-13H2,1H3. The number of rotatable bonds is 6. The highest BCUT2D eigenvalue weighted by molar-refractivity contribution is 5.22. The molecule has 1 saturated heterocycles. The number of nitrogens with one attached hydrogen (secondary N) is 2. The van der Waals surface area contributed by atoms with Crippen LogP contribution in [0.4, 0.5) is 0 Å². The Balaban J connectivity index is 1.69. The molecule has 1 aromatic carbocycles. The molecule has 0 saturated carbocycles. The Morgan fingerprint density at radius 3 is 2.28 bits per heavy atom. The monoisotopic (exact) mass is 246 g/mol. The van der Waals surface area contributed by atoms with Gasteiger partial charge in [-0.3, -0.25) is 0 Å². The molecule has 2 nitrogen and oxygen atoms in total. The fraction of sp³-hybridized carbons (Fsp3) is 0.625. The quantitative estimate of drug-likeness (QED) is 0.806. The zero-order valence-corrected chi connectivity index (χ0v) is 11.5. The maximum atomic E-state index is 3.67. The fourth-order valence-electron chi connectivity index (χ4n) is 2.61. The van der Waals surface area contributed by atoms with E-state index in [9.17, 15) is 0 Å². The average Bonchev–Trinajstić information content (AvgIpc) is 2.42. The third-order valence-electron chi connectivity index (χ3n) is 3.75. The van der Waals surface area contributed by atoms with E-state index in [1.165, 1.54) is 49.9 Å². The zero-order chi connectivity index (χ0) is 12.6. The molecule has 1 aliphatic heterocycles. The van der Waals surface area contributed by atoms with Gasteiger partial charge in [0.1, 0.15) is 0 Å². The summed E-state index contributed by atoms with van der Waals surface area (Å²) in [5, 5.41) is 7.07. The summed E-state index contributed by atoms with van der Waals surface area (Å²) in [6.45, 7) is 5.68. The lowest BCUT2D eigenvalue weighted by molar-refractivity contribution is 0.389. The molecule has 0 unspecified atom stereocenters. The van der Waals surface area contributed by atoms with Crippen LogP contribution in [0.3, 0.4) is 0 Å². The number of benzene rings is 1. The molecule has 18 heavy (non-hydrogen) atoms. The van der Waals surface area contributed by atoms with E-state index in [4.69, 9.17) is 0 Å². The van der Waals surface area contributed by atoms with E-state index in [0.29, 0.717) is 0 Å². The Labute approximate surface area is 111 Å². The maximum absolute atomic E-state index is 3.67. The van der Waals surface area contributed by atoms with Crippen LogP contribution in [0.2, 0.25) is 0 Å². The largest absolute Gasteiger partial charge is 0.317 e. The summed E-state index contributed by atoms with van der Waals surface area (Å²) in [4.78, 5) is 0. The lowest BCUT2D eigenvalue weighted by Crippen LogP contribution is -2.40. The van der Waals surface area contributed by atoms with Gasteiger partial charge >= 0.3 is 0 Å². The smallest absolute Gasteiger partial charge is 0.00913 e. The summed E-state index contributed by atoms with van der Waals surface area (Å²) >= 11 is 0. The molecule has 0 aromatic heterocycles. The van der Waals surface area contributed by atoms with Crippen LogP contribution >= 0.6 is 0 Å². The summed E-state index contributed by atoms with van der Waals surface area (Å²) in [7, 11) is 0. The van der Waals surface area contributed by atoms with Crippen LogP contribution in [0.15, 0.2) is 24.3 Å². The normalized spacial score (nSPS) is 16.9. The van der Waals surface area contributed by atoms with Crippen molar-refractivity contribution in [2.45, 2.75) is 45.1 Å². The van der Waals surface area contributed by atoms with Gasteiger partial charge in [0.05, 0.1) is 0 Å². The molecule has 0 spiro atoms. The molecule has 1 aromatic rings. The molecule has 0 aliphatic carbocycles. The van der Waals surface area contributed by atoms with Crippen molar-refractivity contribution >= 4 is 0 Å². The van der Waals surface area contributed by atoms with Gasteiger partial charge in [0.25, 0.3) is 0 Å². The van der Waals surface area contributed by atoms with Crippen LogP contribution in [0.5, 0.6) is 0 Å². The minimum atomic E-state index is 0.727. The first kappa shape index (κ1) is 13.6. The van der Waals surface area contributed by atoms with Gasteiger partial charge < -0.3 is 10.6 Å². The van der Waals surface area contributed by atoms with E-state index in [1.807, 2.05) is 0 Å². The van der Waals surface area contributed by atoms with Gasteiger partial charge in [-0.15, -0.1) is 0 Å². The molecule has 1 fully saturated rings. The summed E-state index contributed by atoms with van der Waals surface area (Å²) < 4.78 is 0. The highest BCUT2D eigenvalue weighted by Crippen LogP contribution is 2.07. The van der Waals surface area contributed by atoms with Gasteiger partial charge in [0.2, 0.25) is 0 Å². The van der Waals surface area contributed by atoms with Crippen molar-refractivity contribution in [2.75, 3.05) is 19.6 Å². The molecule has 2 rings (SSSR count). The van der Waals surface area contributed by atoms with Crippen molar-refractivity contribution in [3.63, 3.8) is 0 Å². The van der Waals surface area contributed by atoms with Gasteiger partial charge in [-0.1, -0.05) is 37.6 Å². The van der Waals surface area contributed by atoms with E-state index in [1.54, 1.807) is 0 Å². The van der Waals surface area contributed by atoms with Crippen LogP contribution in [0.25, 0.3) is 0 Å². The minimum Gasteiger partial charge on any atom is -0.317 e. The van der Waals surface area contributed by atoms with Gasteiger partial charge in [0, 0.05) is 6.04 Å². The van der Waals surface area contributed by atoms with Crippen molar-refractivity contribution in [3.8, 4) is 0 Å². The molecule has 1 heterocycles. The molecular weight excluding hydrogens is 220 g/mol. The molecule has 100 valence electrons. The second-order valence-corrected chi connectivity index (χ2v) is 5.29. The van der Waals surface area contributed by atoms with Crippen LogP contribution < -0.4 is 10.6 Å². The summed E-state index contributed by atoms with van der Waals surface area (Å²) in [5.74, 6) is 0. The van der Waals surface area contributed by atoms with E-state index in [-0.39, 0.29) is 0 Å². The van der Waals surface area contributed by atoms with Crippen LogP contribution in [0.1, 0.15) is 37.3 Å². The number of piperidine rings is 1. The molecule has 0 atom stereocenters. The van der Waals surface area contributed by atoms with E-state index >= 15 is 0 Å². The Kier molecular flexibility index (Phi) is 5.69. The average molecular weight is 246 g/mol. The second kappa shape index (κ2) is 7.55. The predicted molar refractivity (Wildman–Crippen MR) is 78.0 cm³/mol. The third-order valence-corrected chi connectivity index (χ3v) is 3.75. The number of hydrogen-bond donors (Lipinski definition) is 2. The fourth-order valence-corrected chi connectivity index (χ4v) is 2.61. The summed E-state index contributed by atoms with van der Waals surface area (Å²) in [5.41, 5.74) is 2.92. The van der Waals surface area contributed by atoms with E-state index in [2.05, 4.69) is 41.8 Å². The lowest BCUT2D eigenvalue weighted by atomic mass is 10.0. The molecule has 2 heteroatoms. The van der Waals surface area contributed by atoms with E-state index < -0.39 is 0 Å². The highest BCUT2D eigenvalue weighted by atomic mass is 15.0. The van der Waals surface area contributed by atoms with E-state index in [0.717, 1.165) is 19.0 Å². The first-order valence-corrected chi connectivity index (χ1v) is 7.40. The minimum absolute atomic E-state index is 0.727. The Hall–Kier alpha value is -0.860. The first-order chi connectivity index (χ1) is 8.88. The molecule has 2 N–H and O–H groups in total. The van der Waals surface area contributed by atoms with Crippen molar-refractivity contribution in [3.05, 3.63) is 35.4 Å². The Morgan fingerprint density at radius 2 is 1.67 bits per heavy atom. The van der Waals surface area contributed by atoms with Crippen molar-refractivity contribution in [1.29, 1.82) is 0 Å². The molecule has 0 radical (unpaired) electrons.